The summed E-state index contributed by atoms with van der Waals surface area (Å²) in [5, 5.41) is 0. The maximum absolute atomic E-state index is 13.5. The molecule has 3 heteroatoms. The largest absolute Gasteiger partial charge is 0.257 e. The maximum Gasteiger partial charge on any atom is 0.139 e. The molecule has 1 rings (SSSR count). The summed E-state index contributed by atoms with van der Waals surface area (Å²) in [6, 6.07) is 3.30. The third-order valence-corrected chi connectivity index (χ3v) is 3.48. The first-order valence-electron chi connectivity index (χ1n) is 6.60. The monoisotopic (exact) mass is 313 g/mol. The standard InChI is InChI=1S/C15H21BrFN/c1-4-6-8-12(7-5-2)18-15-10-14(17)13(16)9-11(15)3/h9-10H,4-8H2,1-3H3/b18-12+. The molecule has 0 fully saturated rings. The predicted molar refractivity (Wildman–Crippen MR) is 80.4 cm³/mol. The summed E-state index contributed by atoms with van der Waals surface area (Å²) in [6.45, 7) is 6.29. The Morgan fingerprint density at radius 3 is 2.56 bits per heavy atom. The lowest BCUT2D eigenvalue weighted by atomic mass is 10.1. The van der Waals surface area contributed by atoms with Gasteiger partial charge in [-0.2, -0.15) is 0 Å². The van der Waals surface area contributed by atoms with Gasteiger partial charge in [0.25, 0.3) is 0 Å². The lowest BCUT2D eigenvalue weighted by Crippen LogP contribution is -1.97. The number of nitrogens with zero attached hydrogens (tertiary/aromatic N) is 1. The van der Waals surface area contributed by atoms with E-state index in [1.165, 1.54) is 11.8 Å². The molecule has 0 saturated heterocycles. The lowest BCUT2D eigenvalue weighted by molar-refractivity contribution is 0.621. The van der Waals surface area contributed by atoms with Crippen molar-refractivity contribution in [2.45, 2.75) is 52.9 Å². The number of aliphatic imine (C=N–C) groups is 1. The molecule has 18 heavy (non-hydrogen) atoms. The topological polar surface area (TPSA) is 12.4 Å². The van der Waals surface area contributed by atoms with Crippen LogP contribution in [0.3, 0.4) is 0 Å². The van der Waals surface area contributed by atoms with Gasteiger partial charge in [0.1, 0.15) is 5.82 Å². The minimum Gasteiger partial charge on any atom is -0.257 e. The quantitative estimate of drug-likeness (QED) is 0.574. The van der Waals surface area contributed by atoms with E-state index in [9.17, 15) is 4.39 Å². The SMILES string of the molecule is CCCC/C(CCC)=N/c1cc(F)c(Br)cc1C. The highest BCUT2D eigenvalue weighted by Crippen LogP contribution is 2.27. The Morgan fingerprint density at radius 2 is 1.94 bits per heavy atom. The predicted octanol–water partition coefficient (Wildman–Crippen LogP) is 5.96. The Labute approximate surface area is 118 Å². The third-order valence-electron chi connectivity index (χ3n) is 2.87. The van der Waals surface area contributed by atoms with E-state index in [1.807, 2.05) is 6.92 Å². The zero-order valence-corrected chi connectivity index (χ0v) is 13.0. The minimum absolute atomic E-state index is 0.245. The van der Waals surface area contributed by atoms with Crippen molar-refractivity contribution in [3.8, 4) is 0 Å². The first kappa shape index (κ1) is 15.4. The first-order valence-corrected chi connectivity index (χ1v) is 7.39. The number of rotatable bonds is 6. The van der Waals surface area contributed by atoms with E-state index in [4.69, 9.17) is 0 Å². The van der Waals surface area contributed by atoms with Gasteiger partial charge < -0.3 is 0 Å². The summed E-state index contributed by atoms with van der Waals surface area (Å²) in [5.41, 5.74) is 2.95. The fourth-order valence-electron chi connectivity index (χ4n) is 1.83. The average Bonchev–Trinajstić information content (AvgIpc) is 2.33. The van der Waals surface area contributed by atoms with Gasteiger partial charge in [0, 0.05) is 11.8 Å². The molecule has 0 saturated carbocycles. The Bertz CT molecular complexity index is 427. The fraction of sp³-hybridized carbons (Fsp3) is 0.533. The molecule has 0 spiro atoms. The summed E-state index contributed by atoms with van der Waals surface area (Å²) in [4.78, 5) is 4.64. The van der Waals surface area contributed by atoms with Gasteiger partial charge in [0.2, 0.25) is 0 Å². The van der Waals surface area contributed by atoms with Crippen LogP contribution < -0.4 is 0 Å². The molecule has 0 aliphatic heterocycles. The van der Waals surface area contributed by atoms with E-state index in [2.05, 4.69) is 34.8 Å². The van der Waals surface area contributed by atoms with Gasteiger partial charge in [-0.15, -0.1) is 0 Å². The van der Waals surface area contributed by atoms with Gasteiger partial charge in [-0.25, -0.2) is 4.39 Å². The van der Waals surface area contributed by atoms with Crippen molar-refractivity contribution in [1.29, 1.82) is 0 Å². The smallest absolute Gasteiger partial charge is 0.139 e. The van der Waals surface area contributed by atoms with Gasteiger partial charge in [0.15, 0.2) is 0 Å². The molecule has 0 amide bonds. The molecule has 0 heterocycles. The van der Waals surface area contributed by atoms with Crippen LogP contribution in [-0.2, 0) is 0 Å². The van der Waals surface area contributed by atoms with Gasteiger partial charge in [-0.1, -0.05) is 26.7 Å². The Hall–Kier alpha value is -0.700. The first-order chi connectivity index (χ1) is 8.58. The van der Waals surface area contributed by atoms with Crippen LogP contribution in [0.15, 0.2) is 21.6 Å². The molecular formula is C15H21BrFN. The van der Waals surface area contributed by atoms with Crippen LogP contribution in [0.4, 0.5) is 10.1 Å². The van der Waals surface area contributed by atoms with Crippen molar-refractivity contribution in [3.63, 3.8) is 0 Å². The molecular weight excluding hydrogens is 293 g/mol. The Morgan fingerprint density at radius 1 is 1.22 bits per heavy atom. The molecule has 100 valence electrons. The van der Waals surface area contributed by atoms with E-state index < -0.39 is 0 Å². The molecule has 0 atom stereocenters. The van der Waals surface area contributed by atoms with E-state index in [1.54, 1.807) is 6.07 Å². The van der Waals surface area contributed by atoms with Gasteiger partial charge >= 0.3 is 0 Å². The summed E-state index contributed by atoms with van der Waals surface area (Å²) >= 11 is 3.20. The third kappa shape index (κ3) is 4.52. The molecule has 0 N–H and O–H groups in total. The summed E-state index contributed by atoms with van der Waals surface area (Å²) in [6.07, 6.45) is 5.41. The van der Waals surface area contributed by atoms with Gasteiger partial charge in [0.05, 0.1) is 10.2 Å². The Balaban J connectivity index is 2.99. The second-order valence-corrected chi connectivity index (χ2v) is 5.44. The summed E-state index contributed by atoms with van der Waals surface area (Å²) in [5.74, 6) is -0.245. The molecule has 0 radical (unpaired) electrons. The van der Waals surface area contributed by atoms with Crippen LogP contribution in [0.25, 0.3) is 0 Å². The van der Waals surface area contributed by atoms with Crippen molar-refractivity contribution < 1.29 is 4.39 Å². The molecule has 0 bridgehead atoms. The van der Waals surface area contributed by atoms with Crippen LogP contribution >= 0.6 is 15.9 Å². The minimum atomic E-state index is -0.245. The number of unbranched alkanes of at least 4 members (excludes halogenated alkanes) is 1. The molecule has 1 aromatic rings. The highest BCUT2D eigenvalue weighted by Gasteiger charge is 2.06. The molecule has 1 nitrogen and oxygen atoms in total. The van der Waals surface area contributed by atoms with Crippen molar-refractivity contribution in [2.75, 3.05) is 0 Å². The van der Waals surface area contributed by atoms with E-state index in [-0.39, 0.29) is 5.82 Å². The van der Waals surface area contributed by atoms with Crippen LogP contribution in [0, 0.1) is 12.7 Å². The summed E-state index contributed by atoms with van der Waals surface area (Å²) in [7, 11) is 0. The fourth-order valence-corrected chi connectivity index (χ4v) is 2.29. The van der Waals surface area contributed by atoms with E-state index >= 15 is 0 Å². The summed E-state index contributed by atoms with van der Waals surface area (Å²) < 4.78 is 14.0. The zero-order valence-electron chi connectivity index (χ0n) is 11.4. The number of halogens is 2. The van der Waals surface area contributed by atoms with Crippen LogP contribution in [-0.4, -0.2) is 5.71 Å². The highest BCUT2D eigenvalue weighted by molar-refractivity contribution is 9.10. The van der Waals surface area contributed by atoms with Crippen LogP contribution in [0.5, 0.6) is 0 Å². The van der Waals surface area contributed by atoms with Crippen LogP contribution in [0.2, 0.25) is 0 Å². The number of hydrogen-bond donors (Lipinski definition) is 0. The van der Waals surface area contributed by atoms with Crippen molar-refractivity contribution in [3.05, 3.63) is 28.0 Å². The number of hydrogen-bond acceptors (Lipinski definition) is 1. The molecule has 0 aromatic heterocycles. The second kappa shape index (κ2) is 7.67. The molecule has 0 aliphatic carbocycles. The second-order valence-electron chi connectivity index (χ2n) is 4.58. The van der Waals surface area contributed by atoms with E-state index in [0.717, 1.165) is 43.4 Å². The van der Waals surface area contributed by atoms with Crippen molar-refractivity contribution >= 4 is 27.3 Å². The lowest BCUT2D eigenvalue weighted by Gasteiger charge is -2.07. The number of aryl methyl sites for hydroxylation is 1. The Kier molecular flexibility index (Phi) is 6.55. The molecule has 0 aliphatic rings. The normalized spacial score (nSPS) is 11.9. The maximum atomic E-state index is 13.5. The van der Waals surface area contributed by atoms with Gasteiger partial charge in [-0.05, 0) is 53.7 Å². The highest BCUT2D eigenvalue weighted by atomic mass is 79.9. The average molecular weight is 314 g/mol. The van der Waals surface area contributed by atoms with Crippen LogP contribution in [0.1, 0.15) is 51.5 Å². The molecule has 0 unspecified atom stereocenters. The molecule has 1 aromatic carbocycles. The van der Waals surface area contributed by atoms with E-state index in [0.29, 0.717) is 4.47 Å². The van der Waals surface area contributed by atoms with Crippen molar-refractivity contribution in [2.24, 2.45) is 4.99 Å². The van der Waals surface area contributed by atoms with Crippen molar-refractivity contribution in [1.82, 2.24) is 0 Å². The number of benzene rings is 1. The van der Waals surface area contributed by atoms with Gasteiger partial charge in [-0.3, -0.25) is 4.99 Å². The zero-order chi connectivity index (χ0) is 13.5.